The number of benzene rings is 6. The van der Waals surface area contributed by atoms with Crippen molar-refractivity contribution >= 4 is 32.6 Å². The van der Waals surface area contributed by atoms with Gasteiger partial charge in [0.25, 0.3) is 0 Å². The fraction of sp³-hybridized carbons (Fsp3) is 0. The average Bonchev–Trinajstić information content (AvgIpc) is 3.37. The monoisotopic (exact) mass is 447 g/mol. The molecule has 7 aromatic rings. The lowest BCUT2D eigenvalue weighted by atomic mass is 9.93. The van der Waals surface area contributed by atoms with Gasteiger partial charge in [-0.15, -0.1) is 10.2 Å². The Bertz CT molecular complexity index is 1830. The number of fused-ring (bicyclic) bond motifs is 4. The van der Waals surface area contributed by atoms with Gasteiger partial charge in [0.15, 0.2) is 0 Å². The van der Waals surface area contributed by atoms with Gasteiger partial charge in [0.1, 0.15) is 11.0 Å². The fourth-order valence-electron chi connectivity index (χ4n) is 4.91. The lowest BCUT2D eigenvalue weighted by Gasteiger charge is -2.11. The summed E-state index contributed by atoms with van der Waals surface area (Å²) in [6.45, 7) is 0. The third-order valence-electron chi connectivity index (χ3n) is 6.66. The summed E-state index contributed by atoms with van der Waals surface area (Å²) >= 11 is 0. The highest BCUT2D eigenvalue weighted by atomic mass is 15.5. The molecule has 1 heterocycles. The van der Waals surface area contributed by atoms with Crippen molar-refractivity contribution in [2.45, 2.75) is 0 Å². The summed E-state index contributed by atoms with van der Waals surface area (Å²) in [7, 11) is 0. The molecule has 3 nitrogen and oxygen atoms in total. The van der Waals surface area contributed by atoms with Crippen LogP contribution in [0.1, 0.15) is 0 Å². The quantitative estimate of drug-likeness (QED) is 0.256. The zero-order valence-electron chi connectivity index (χ0n) is 19.0. The van der Waals surface area contributed by atoms with Gasteiger partial charge >= 0.3 is 0 Å². The third kappa shape index (κ3) is 3.37. The van der Waals surface area contributed by atoms with E-state index in [1.54, 1.807) is 4.80 Å². The van der Waals surface area contributed by atoms with E-state index in [9.17, 15) is 0 Å². The van der Waals surface area contributed by atoms with Crippen molar-refractivity contribution in [1.82, 2.24) is 15.0 Å². The summed E-state index contributed by atoms with van der Waals surface area (Å²) < 4.78 is 0. The van der Waals surface area contributed by atoms with Crippen molar-refractivity contribution in [1.29, 1.82) is 0 Å². The molecule has 0 saturated carbocycles. The van der Waals surface area contributed by atoms with E-state index >= 15 is 0 Å². The van der Waals surface area contributed by atoms with E-state index < -0.39 is 0 Å². The standard InChI is InChI=1S/C32H21N3/c1-2-8-22(9-3-1)24-16-19-31-32(21-24)34-35(33-31)26-17-14-23(15-18-26)30-20-25-10-4-5-11-27(25)28-12-6-7-13-29(28)30/h1-21H. The average molecular weight is 448 g/mol. The van der Waals surface area contributed by atoms with Gasteiger partial charge in [-0.05, 0) is 74.1 Å². The molecule has 0 amide bonds. The topological polar surface area (TPSA) is 30.7 Å². The van der Waals surface area contributed by atoms with E-state index in [0.717, 1.165) is 22.3 Å². The Morgan fingerprint density at radius 1 is 0.429 bits per heavy atom. The molecule has 0 aliphatic rings. The first-order valence-electron chi connectivity index (χ1n) is 11.8. The fourth-order valence-corrected chi connectivity index (χ4v) is 4.91. The maximum absolute atomic E-state index is 4.77. The summed E-state index contributed by atoms with van der Waals surface area (Å²) in [5.74, 6) is 0. The minimum atomic E-state index is 0.884. The summed E-state index contributed by atoms with van der Waals surface area (Å²) in [6.07, 6.45) is 0. The highest BCUT2D eigenvalue weighted by Gasteiger charge is 2.10. The Morgan fingerprint density at radius 3 is 1.91 bits per heavy atom. The zero-order chi connectivity index (χ0) is 23.2. The molecule has 7 rings (SSSR count). The summed E-state index contributed by atoms with van der Waals surface area (Å²) in [5.41, 5.74) is 7.44. The number of nitrogens with zero attached hydrogens (tertiary/aromatic N) is 3. The highest BCUT2D eigenvalue weighted by Crippen LogP contribution is 2.35. The molecule has 0 saturated heterocycles. The Hall–Kier alpha value is -4.76. The van der Waals surface area contributed by atoms with Gasteiger partial charge < -0.3 is 0 Å². The molecule has 0 aliphatic carbocycles. The van der Waals surface area contributed by atoms with Crippen LogP contribution in [0.5, 0.6) is 0 Å². The van der Waals surface area contributed by atoms with Crippen LogP contribution in [-0.2, 0) is 0 Å². The normalized spacial score (nSPS) is 11.4. The predicted octanol–water partition coefficient (Wildman–Crippen LogP) is 8.06. The van der Waals surface area contributed by atoms with Crippen molar-refractivity contribution in [3.05, 3.63) is 127 Å². The molecule has 0 atom stereocenters. The van der Waals surface area contributed by atoms with Gasteiger partial charge in [-0.25, -0.2) is 0 Å². The van der Waals surface area contributed by atoms with Crippen LogP contribution in [0, 0.1) is 0 Å². The smallest absolute Gasteiger partial charge is 0.114 e. The van der Waals surface area contributed by atoms with Crippen molar-refractivity contribution < 1.29 is 0 Å². The molecule has 6 aromatic carbocycles. The van der Waals surface area contributed by atoms with Gasteiger partial charge in [-0.3, -0.25) is 0 Å². The molecule has 164 valence electrons. The third-order valence-corrected chi connectivity index (χ3v) is 6.66. The summed E-state index contributed by atoms with van der Waals surface area (Å²) in [4.78, 5) is 1.72. The molecular weight excluding hydrogens is 426 g/mol. The maximum atomic E-state index is 4.77. The molecule has 0 aliphatic heterocycles. The van der Waals surface area contributed by atoms with Crippen LogP contribution in [0.3, 0.4) is 0 Å². The van der Waals surface area contributed by atoms with Crippen LogP contribution >= 0.6 is 0 Å². The van der Waals surface area contributed by atoms with Crippen molar-refractivity contribution in [3.8, 4) is 27.9 Å². The Morgan fingerprint density at radius 2 is 1.09 bits per heavy atom. The van der Waals surface area contributed by atoms with Crippen molar-refractivity contribution in [3.63, 3.8) is 0 Å². The minimum absolute atomic E-state index is 0.884. The van der Waals surface area contributed by atoms with Crippen molar-refractivity contribution in [2.24, 2.45) is 0 Å². The molecule has 0 N–H and O–H groups in total. The predicted molar refractivity (Wildman–Crippen MR) is 145 cm³/mol. The molecule has 3 heteroatoms. The summed E-state index contributed by atoms with van der Waals surface area (Å²) in [5, 5.41) is 14.6. The minimum Gasteiger partial charge on any atom is -0.150 e. The second kappa shape index (κ2) is 7.93. The van der Waals surface area contributed by atoms with Crippen LogP contribution in [0.4, 0.5) is 0 Å². The largest absolute Gasteiger partial charge is 0.150 e. The van der Waals surface area contributed by atoms with Gasteiger partial charge in [0.2, 0.25) is 0 Å². The van der Waals surface area contributed by atoms with E-state index in [4.69, 9.17) is 10.2 Å². The molecule has 0 spiro atoms. The molecule has 35 heavy (non-hydrogen) atoms. The Kier molecular flexibility index (Phi) is 4.46. The van der Waals surface area contributed by atoms with E-state index in [2.05, 4.69) is 115 Å². The second-order valence-corrected chi connectivity index (χ2v) is 8.80. The first kappa shape index (κ1) is 19.7. The molecular formula is C32H21N3. The zero-order valence-corrected chi connectivity index (χ0v) is 19.0. The second-order valence-electron chi connectivity index (χ2n) is 8.80. The summed E-state index contributed by atoms with van der Waals surface area (Å²) in [6, 6.07) is 44.6. The van der Waals surface area contributed by atoms with Crippen LogP contribution < -0.4 is 0 Å². The highest BCUT2D eigenvalue weighted by molar-refractivity contribution is 6.13. The van der Waals surface area contributed by atoms with Gasteiger partial charge in [-0.1, -0.05) is 97.1 Å². The molecule has 0 fully saturated rings. The van der Waals surface area contributed by atoms with Gasteiger partial charge in [0.05, 0.1) is 5.69 Å². The van der Waals surface area contributed by atoms with E-state index in [0.29, 0.717) is 0 Å². The van der Waals surface area contributed by atoms with E-state index in [1.807, 2.05) is 12.1 Å². The van der Waals surface area contributed by atoms with Gasteiger partial charge in [-0.2, -0.15) is 4.80 Å². The molecule has 0 unspecified atom stereocenters. The lowest BCUT2D eigenvalue weighted by Crippen LogP contribution is -1.98. The van der Waals surface area contributed by atoms with E-state index in [1.165, 1.54) is 38.2 Å². The van der Waals surface area contributed by atoms with Crippen LogP contribution in [0.2, 0.25) is 0 Å². The van der Waals surface area contributed by atoms with Crippen LogP contribution in [0.15, 0.2) is 127 Å². The lowest BCUT2D eigenvalue weighted by molar-refractivity contribution is 0.766. The molecule has 1 aromatic heterocycles. The maximum Gasteiger partial charge on any atom is 0.114 e. The number of hydrogen-bond donors (Lipinski definition) is 0. The number of rotatable bonds is 3. The number of aromatic nitrogens is 3. The van der Waals surface area contributed by atoms with Gasteiger partial charge in [0, 0.05) is 0 Å². The van der Waals surface area contributed by atoms with Crippen LogP contribution in [0.25, 0.3) is 60.5 Å². The molecule has 0 bridgehead atoms. The Balaban J connectivity index is 1.29. The SMILES string of the molecule is c1ccc(-c2ccc3nn(-c4ccc(-c5cc6ccccc6c6ccccc56)cc4)nc3c2)cc1. The van der Waals surface area contributed by atoms with Crippen LogP contribution in [-0.4, -0.2) is 15.0 Å². The van der Waals surface area contributed by atoms with E-state index in [-0.39, 0.29) is 0 Å². The van der Waals surface area contributed by atoms with Crippen molar-refractivity contribution in [2.75, 3.05) is 0 Å². The molecule has 0 radical (unpaired) electrons. The number of hydrogen-bond acceptors (Lipinski definition) is 2. The first-order valence-corrected chi connectivity index (χ1v) is 11.8. The first-order chi connectivity index (χ1) is 17.3. The Labute approximate surface area is 202 Å².